The summed E-state index contributed by atoms with van der Waals surface area (Å²) in [6.45, 7) is 0.485. The van der Waals surface area contributed by atoms with Crippen LogP contribution in [0.4, 0.5) is 8.78 Å². The number of methoxy groups -OCH3 is 1. The molecule has 1 aromatic carbocycles. The first kappa shape index (κ1) is 16.9. The Kier molecular flexibility index (Phi) is 5.11. The van der Waals surface area contributed by atoms with E-state index in [1.165, 1.54) is 24.5 Å². The molecule has 1 atom stereocenters. The molecule has 1 saturated heterocycles. The van der Waals surface area contributed by atoms with E-state index in [0.29, 0.717) is 4.88 Å². The maximum absolute atomic E-state index is 14.1. The fourth-order valence-electron chi connectivity index (χ4n) is 2.60. The number of carbonyl (C=O) groups excluding carboxylic acids is 1. The van der Waals surface area contributed by atoms with Gasteiger partial charge < -0.3 is 14.8 Å². The van der Waals surface area contributed by atoms with Crippen LogP contribution in [0.1, 0.15) is 39.1 Å². The molecule has 24 heavy (non-hydrogen) atoms. The molecule has 0 bridgehead atoms. The number of benzene rings is 1. The highest BCUT2D eigenvalue weighted by Gasteiger charge is 2.21. The highest BCUT2D eigenvalue weighted by molar-refractivity contribution is 7.14. The fraction of sp³-hybridized carbons (Fsp3) is 0.353. The summed E-state index contributed by atoms with van der Waals surface area (Å²) in [5.41, 5.74) is -0.224. The predicted octanol–water partition coefficient (Wildman–Crippen LogP) is 3.82. The second-order valence-corrected chi connectivity index (χ2v) is 6.54. The number of carbonyl (C=O) groups is 1. The molecular weight excluding hydrogens is 336 g/mol. The molecular formula is C17H17F2NO3S. The average molecular weight is 353 g/mol. The lowest BCUT2D eigenvalue weighted by Gasteiger charge is -2.09. The van der Waals surface area contributed by atoms with Gasteiger partial charge in [0.15, 0.2) is 11.6 Å². The summed E-state index contributed by atoms with van der Waals surface area (Å²) >= 11 is 1.34. The molecule has 2 aromatic rings. The lowest BCUT2D eigenvalue weighted by molar-refractivity contribution is 0.0954. The second kappa shape index (κ2) is 7.27. The number of halogens is 2. The zero-order valence-corrected chi connectivity index (χ0v) is 13.9. The van der Waals surface area contributed by atoms with E-state index in [0.717, 1.165) is 30.4 Å². The molecule has 0 saturated carbocycles. The largest absolute Gasteiger partial charge is 0.494 e. The number of nitrogens with one attached hydrogen (secondary N) is 1. The van der Waals surface area contributed by atoms with Crippen LogP contribution in [-0.4, -0.2) is 19.6 Å². The van der Waals surface area contributed by atoms with E-state index in [9.17, 15) is 13.6 Å². The highest BCUT2D eigenvalue weighted by Crippen LogP contribution is 2.33. The minimum atomic E-state index is -0.802. The zero-order chi connectivity index (χ0) is 17.1. The van der Waals surface area contributed by atoms with Crippen LogP contribution >= 0.6 is 11.3 Å². The van der Waals surface area contributed by atoms with Crippen molar-refractivity contribution in [2.75, 3.05) is 13.7 Å². The summed E-state index contributed by atoms with van der Waals surface area (Å²) in [7, 11) is 1.30. The van der Waals surface area contributed by atoms with Crippen LogP contribution in [0.3, 0.4) is 0 Å². The van der Waals surface area contributed by atoms with Crippen molar-refractivity contribution in [3.05, 3.63) is 51.2 Å². The van der Waals surface area contributed by atoms with Gasteiger partial charge in [-0.3, -0.25) is 4.79 Å². The maximum Gasteiger partial charge on any atom is 0.261 e. The van der Waals surface area contributed by atoms with Gasteiger partial charge in [0, 0.05) is 23.6 Å². The summed E-state index contributed by atoms with van der Waals surface area (Å²) in [6, 6.07) is 5.89. The fourth-order valence-corrected chi connectivity index (χ4v) is 3.61. The van der Waals surface area contributed by atoms with Crippen molar-refractivity contribution in [1.29, 1.82) is 0 Å². The Hall–Kier alpha value is -1.99. The van der Waals surface area contributed by atoms with Crippen molar-refractivity contribution in [2.45, 2.75) is 25.5 Å². The lowest BCUT2D eigenvalue weighted by Crippen LogP contribution is -2.23. The Morgan fingerprint density at radius 1 is 1.38 bits per heavy atom. The van der Waals surface area contributed by atoms with Crippen LogP contribution in [-0.2, 0) is 11.3 Å². The average Bonchev–Trinajstić information content (AvgIpc) is 3.25. The molecule has 1 N–H and O–H groups in total. The third kappa shape index (κ3) is 3.42. The Morgan fingerprint density at radius 2 is 2.21 bits per heavy atom. The van der Waals surface area contributed by atoms with Crippen molar-refractivity contribution in [2.24, 2.45) is 0 Å². The van der Waals surface area contributed by atoms with E-state index in [-0.39, 0.29) is 29.9 Å². The summed E-state index contributed by atoms with van der Waals surface area (Å²) in [5, 5.41) is 2.55. The van der Waals surface area contributed by atoms with Gasteiger partial charge in [-0.2, -0.15) is 0 Å². The van der Waals surface area contributed by atoms with Crippen molar-refractivity contribution in [3.63, 3.8) is 0 Å². The Balaban J connectivity index is 1.68. The molecule has 128 valence electrons. The standard InChI is InChI=1S/C17H17F2NO3S/c1-22-13-5-4-11(18)10(16(13)19)9-20-17(21)15-7-6-14(24-15)12-3-2-8-23-12/h4-7,12H,2-3,8-9H2,1H3,(H,20,21)/t12-/m0/s1. The molecule has 0 spiro atoms. The number of thiophene rings is 1. The third-order valence-corrected chi connectivity index (χ3v) is 5.07. The molecule has 0 unspecified atom stereocenters. The molecule has 1 aliphatic rings. The number of hydrogen-bond acceptors (Lipinski definition) is 4. The van der Waals surface area contributed by atoms with Gasteiger partial charge >= 0.3 is 0 Å². The van der Waals surface area contributed by atoms with Gasteiger partial charge in [-0.25, -0.2) is 8.78 Å². The lowest BCUT2D eigenvalue weighted by atomic mass is 10.2. The van der Waals surface area contributed by atoms with Crippen molar-refractivity contribution >= 4 is 17.2 Å². The molecule has 1 aliphatic heterocycles. The van der Waals surface area contributed by atoms with E-state index in [1.54, 1.807) is 6.07 Å². The van der Waals surface area contributed by atoms with Crippen LogP contribution in [0.25, 0.3) is 0 Å². The molecule has 0 radical (unpaired) electrons. The normalized spacial score (nSPS) is 17.0. The van der Waals surface area contributed by atoms with Gasteiger partial charge in [0.2, 0.25) is 0 Å². The molecule has 0 aliphatic carbocycles. The van der Waals surface area contributed by atoms with Gasteiger partial charge in [0.1, 0.15) is 5.82 Å². The molecule has 7 heteroatoms. The summed E-state index contributed by atoms with van der Waals surface area (Å²) in [4.78, 5) is 13.7. The first-order valence-electron chi connectivity index (χ1n) is 7.60. The quantitative estimate of drug-likeness (QED) is 0.889. The number of rotatable bonds is 5. The van der Waals surface area contributed by atoms with Crippen molar-refractivity contribution in [3.8, 4) is 5.75 Å². The van der Waals surface area contributed by atoms with Crippen LogP contribution in [0, 0.1) is 11.6 Å². The van der Waals surface area contributed by atoms with Gasteiger partial charge in [-0.05, 0) is 37.1 Å². The number of ether oxygens (including phenoxy) is 2. The zero-order valence-electron chi connectivity index (χ0n) is 13.1. The van der Waals surface area contributed by atoms with E-state index in [4.69, 9.17) is 9.47 Å². The Morgan fingerprint density at radius 3 is 2.92 bits per heavy atom. The topological polar surface area (TPSA) is 47.6 Å². The predicted molar refractivity (Wildman–Crippen MR) is 86.3 cm³/mol. The van der Waals surface area contributed by atoms with Crippen LogP contribution in [0.2, 0.25) is 0 Å². The van der Waals surface area contributed by atoms with Gasteiger partial charge in [-0.15, -0.1) is 11.3 Å². The molecule has 1 amide bonds. The number of amides is 1. The molecule has 1 aromatic heterocycles. The summed E-state index contributed by atoms with van der Waals surface area (Å²) in [5.74, 6) is -1.95. The van der Waals surface area contributed by atoms with E-state index >= 15 is 0 Å². The van der Waals surface area contributed by atoms with Crippen LogP contribution in [0.15, 0.2) is 24.3 Å². The SMILES string of the molecule is COc1ccc(F)c(CNC(=O)c2ccc([C@@H]3CCCO3)s2)c1F. The van der Waals surface area contributed by atoms with E-state index < -0.39 is 11.6 Å². The van der Waals surface area contributed by atoms with Gasteiger partial charge in [0.05, 0.1) is 18.1 Å². The van der Waals surface area contributed by atoms with Gasteiger partial charge in [-0.1, -0.05) is 0 Å². The van der Waals surface area contributed by atoms with Crippen molar-refractivity contribution in [1.82, 2.24) is 5.32 Å². The smallest absolute Gasteiger partial charge is 0.261 e. The van der Waals surface area contributed by atoms with Crippen LogP contribution < -0.4 is 10.1 Å². The van der Waals surface area contributed by atoms with E-state index in [1.807, 2.05) is 6.07 Å². The Bertz CT molecular complexity index is 741. The molecule has 1 fully saturated rings. The first-order valence-corrected chi connectivity index (χ1v) is 8.42. The molecule has 4 nitrogen and oxygen atoms in total. The third-order valence-electron chi connectivity index (χ3n) is 3.89. The highest BCUT2D eigenvalue weighted by atomic mass is 32.1. The monoisotopic (exact) mass is 353 g/mol. The minimum absolute atomic E-state index is 0.0461. The van der Waals surface area contributed by atoms with Crippen molar-refractivity contribution < 1.29 is 23.0 Å². The summed E-state index contributed by atoms with van der Waals surface area (Å²) < 4.78 is 38.2. The van der Waals surface area contributed by atoms with Crippen LogP contribution in [0.5, 0.6) is 5.75 Å². The minimum Gasteiger partial charge on any atom is -0.494 e. The van der Waals surface area contributed by atoms with E-state index in [2.05, 4.69) is 5.32 Å². The number of hydrogen-bond donors (Lipinski definition) is 1. The molecule has 2 heterocycles. The molecule has 3 rings (SSSR count). The summed E-state index contributed by atoms with van der Waals surface area (Å²) in [6.07, 6.45) is 2.00. The first-order chi connectivity index (χ1) is 11.6. The Labute approximate surface area is 142 Å². The second-order valence-electron chi connectivity index (χ2n) is 5.43. The maximum atomic E-state index is 14.1. The van der Waals surface area contributed by atoms with Gasteiger partial charge in [0.25, 0.3) is 5.91 Å².